The zero-order chi connectivity index (χ0) is 14.1. The molecule has 3 N–H and O–H groups in total. The van der Waals surface area contributed by atoms with Crippen LogP contribution in [0.4, 0.5) is 5.69 Å². The number of benzene rings is 2. The van der Waals surface area contributed by atoms with Gasteiger partial charge in [0, 0.05) is 16.3 Å². The molecule has 0 aromatic heterocycles. The second-order valence-electron chi connectivity index (χ2n) is 5.02. The van der Waals surface area contributed by atoms with Crippen LogP contribution in [0.25, 0.3) is 0 Å². The van der Waals surface area contributed by atoms with Gasteiger partial charge in [0.15, 0.2) is 0 Å². The third-order valence-electron chi connectivity index (χ3n) is 3.69. The number of anilines is 1. The molecular weight excluding hydrogens is 272 g/mol. The van der Waals surface area contributed by atoms with E-state index in [4.69, 9.17) is 17.3 Å². The van der Waals surface area contributed by atoms with Crippen LogP contribution in [0.2, 0.25) is 5.02 Å². The van der Waals surface area contributed by atoms with Crippen molar-refractivity contribution in [1.29, 1.82) is 0 Å². The predicted octanol–water partition coefficient (Wildman–Crippen LogP) is 3.54. The summed E-state index contributed by atoms with van der Waals surface area (Å²) in [6.07, 6.45) is 2.08. The molecule has 1 amide bonds. The van der Waals surface area contributed by atoms with Crippen molar-refractivity contribution >= 4 is 23.2 Å². The molecule has 1 atom stereocenters. The summed E-state index contributed by atoms with van der Waals surface area (Å²) in [5.41, 5.74) is 9.35. The molecular formula is C16H15ClN2O. The maximum absolute atomic E-state index is 11.0. The minimum Gasteiger partial charge on any atom is -0.378 e. The highest BCUT2D eigenvalue weighted by atomic mass is 35.5. The van der Waals surface area contributed by atoms with E-state index in [1.54, 1.807) is 12.1 Å². The number of hydrogen-bond donors (Lipinski definition) is 2. The van der Waals surface area contributed by atoms with E-state index in [0.29, 0.717) is 11.6 Å². The van der Waals surface area contributed by atoms with Gasteiger partial charge < -0.3 is 11.1 Å². The molecule has 4 heteroatoms. The molecule has 0 saturated heterocycles. The maximum atomic E-state index is 11.0. The summed E-state index contributed by atoms with van der Waals surface area (Å²) in [6, 6.07) is 13.6. The molecule has 0 fully saturated rings. The summed E-state index contributed by atoms with van der Waals surface area (Å²) < 4.78 is 0. The zero-order valence-corrected chi connectivity index (χ0v) is 11.7. The van der Waals surface area contributed by atoms with E-state index < -0.39 is 5.91 Å². The minimum absolute atomic E-state index is 0.293. The second-order valence-corrected chi connectivity index (χ2v) is 5.46. The first-order valence-electron chi connectivity index (χ1n) is 6.58. The maximum Gasteiger partial charge on any atom is 0.248 e. The van der Waals surface area contributed by atoms with Crippen LogP contribution in [0.15, 0.2) is 42.5 Å². The molecule has 1 unspecified atom stereocenters. The van der Waals surface area contributed by atoms with Gasteiger partial charge in [-0.2, -0.15) is 0 Å². The first-order chi connectivity index (χ1) is 9.63. The lowest BCUT2D eigenvalue weighted by molar-refractivity contribution is 0.100. The van der Waals surface area contributed by atoms with Gasteiger partial charge in [0.25, 0.3) is 0 Å². The molecule has 2 aromatic carbocycles. The highest BCUT2D eigenvalue weighted by Crippen LogP contribution is 2.35. The molecule has 20 heavy (non-hydrogen) atoms. The predicted molar refractivity (Wildman–Crippen MR) is 81.1 cm³/mol. The van der Waals surface area contributed by atoms with E-state index >= 15 is 0 Å². The lowest BCUT2D eigenvalue weighted by atomic mass is 10.1. The van der Waals surface area contributed by atoms with Gasteiger partial charge in [0.05, 0.1) is 6.04 Å². The van der Waals surface area contributed by atoms with Crippen LogP contribution >= 0.6 is 11.6 Å². The fourth-order valence-corrected chi connectivity index (χ4v) is 2.86. The van der Waals surface area contributed by atoms with Crippen molar-refractivity contribution in [1.82, 2.24) is 0 Å². The fraction of sp³-hybridized carbons (Fsp3) is 0.188. The largest absolute Gasteiger partial charge is 0.378 e. The Bertz CT molecular complexity index is 652. The molecule has 0 bridgehead atoms. The zero-order valence-electron chi connectivity index (χ0n) is 10.9. The Labute approximate surface area is 122 Å². The van der Waals surface area contributed by atoms with Crippen LogP contribution in [0, 0.1) is 0 Å². The van der Waals surface area contributed by atoms with Crippen LogP contribution in [-0.2, 0) is 6.42 Å². The number of rotatable bonds is 3. The molecule has 3 nitrogen and oxygen atoms in total. The van der Waals surface area contributed by atoms with Crippen LogP contribution in [-0.4, -0.2) is 5.91 Å². The van der Waals surface area contributed by atoms with Crippen molar-refractivity contribution in [2.45, 2.75) is 18.9 Å². The van der Waals surface area contributed by atoms with Crippen LogP contribution in [0.3, 0.4) is 0 Å². The topological polar surface area (TPSA) is 55.1 Å². The van der Waals surface area contributed by atoms with Crippen molar-refractivity contribution in [2.24, 2.45) is 5.73 Å². The number of hydrogen-bond acceptors (Lipinski definition) is 2. The smallest absolute Gasteiger partial charge is 0.248 e. The molecule has 0 spiro atoms. The summed E-state index contributed by atoms with van der Waals surface area (Å²) in [4.78, 5) is 11.0. The average molecular weight is 287 g/mol. The third-order valence-corrected chi connectivity index (χ3v) is 3.93. The normalized spacial score (nSPS) is 16.8. The van der Waals surface area contributed by atoms with E-state index in [1.165, 1.54) is 11.1 Å². The van der Waals surface area contributed by atoms with Crippen molar-refractivity contribution in [3.8, 4) is 0 Å². The number of aryl methyl sites for hydroxylation is 1. The van der Waals surface area contributed by atoms with Crippen molar-refractivity contribution in [3.63, 3.8) is 0 Å². The SMILES string of the molecule is NC(=O)c1ccc(NC2CCc3cc(Cl)ccc32)cc1. The summed E-state index contributed by atoms with van der Waals surface area (Å²) in [7, 11) is 0. The number of halogens is 1. The van der Waals surface area contributed by atoms with Crippen molar-refractivity contribution in [3.05, 3.63) is 64.2 Å². The fourth-order valence-electron chi connectivity index (χ4n) is 2.67. The van der Waals surface area contributed by atoms with Crippen LogP contribution in [0.5, 0.6) is 0 Å². The third kappa shape index (κ3) is 2.49. The molecule has 1 aliphatic carbocycles. The molecule has 1 aliphatic rings. The number of nitrogens with one attached hydrogen (secondary N) is 1. The average Bonchev–Trinajstić information content (AvgIpc) is 2.81. The Morgan fingerprint density at radius 2 is 1.95 bits per heavy atom. The second kappa shape index (κ2) is 5.17. The van der Waals surface area contributed by atoms with Gasteiger partial charge in [0.1, 0.15) is 0 Å². The standard InChI is InChI=1S/C16H15ClN2O/c17-12-4-7-14-11(9-12)3-8-15(14)19-13-5-1-10(2-6-13)16(18)20/h1-2,4-7,9,15,19H,3,8H2,(H2,18,20). The molecule has 2 aromatic rings. The van der Waals surface area contributed by atoms with Crippen LogP contribution in [0.1, 0.15) is 33.9 Å². The van der Waals surface area contributed by atoms with E-state index in [1.807, 2.05) is 24.3 Å². The van der Waals surface area contributed by atoms with Gasteiger partial charge in [-0.15, -0.1) is 0 Å². The lowest BCUT2D eigenvalue weighted by Gasteiger charge is -2.15. The highest BCUT2D eigenvalue weighted by Gasteiger charge is 2.22. The van der Waals surface area contributed by atoms with Crippen molar-refractivity contribution < 1.29 is 4.79 Å². The summed E-state index contributed by atoms with van der Waals surface area (Å²) in [5, 5.41) is 4.27. The quantitative estimate of drug-likeness (QED) is 0.907. The Kier molecular flexibility index (Phi) is 3.36. The number of fused-ring (bicyclic) bond motifs is 1. The molecule has 0 heterocycles. The summed E-state index contributed by atoms with van der Waals surface area (Å²) in [5.74, 6) is -0.405. The lowest BCUT2D eigenvalue weighted by Crippen LogP contribution is -2.11. The summed E-state index contributed by atoms with van der Waals surface area (Å²) in [6.45, 7) is 0. The van der Waals surface area contributed by atoms with Crippen molar-refractivity contribution in [2.75, 3.05) is 5.32 Å². The molecule has 102 valence electrons. The molecule has 0 saturated carbocycles. The first-order valence-corrected chi connectivity index (χ1v) is 6.96. The highest BCUT2D eigenvalue weighted by molar-refractivity contribution is 6.30. The first kappa shape index (κ1) is 13.0. The number of carbonyl (C=O) groups excluding carboxylic acids is 1. The number of amides is 1. The Morgan fingerprint density at radius 3 is 2.65 bits per heavy atom. The Balaban J connectivity index is 1.78. The minimum atomic E-state index is -0.405. The van der Waals surface area contributed by atoms with E-state index in [9.17, 15) is 4.79 Å². The van der Waals surface area contributed by atoms with Gasteiger partial charge in [-0.1, -0.05) is 17.7 Å². The van der Waals surface area contributed by atoms with E-state index in [0.717, 1.165) is 23.6 Å². The van der Waals surface area contributed by atoms with Gasteiger partial charge in [0.2, 0.25) is 5.91 Å². The van der Waals surface area contributed by atoms with Gasteiger partial charge >= 0.3 is 0 Å². The Hall–Kier alpha value is -2.00. The van der Waals surface area contributed by atoms with Crippen LogP contribution < -0.4 is 11.1 Å². The number of primary amides is 1. The number of carbonyl (C=O) groups is 1. The molecule has 0 radical (unpaired) electrons. The summed E-state index contributed by atoms with van der Waals surface area (Å²) >= 11 is 6.01. The number of nitrogens with two attached hydrogens (primary N) is 1. The van der Waals surface area contributed by atoms with E-state index in [-0.39, 0.29) is 0 Å². The molecule has 3 rings (SSSR count). The Morgan fingerprint density at radius 1 is 1.20 bits per heavy atom. The van der Waals surface area contributed by atoms with Gasteiger partial charge in [-0.25, -0.2) is 0 Å². The monoisotopic (exact) mass is 286 g/mol. The molecule has 0 aliphatic heterocycles. The van der Waals surface area contributed by atoms with E-state index in [2.05, 4.69) is 11.4 Å². The van der Waals surface area contributed by atoms with Gasteiger partial charge in [-0.05, 0) is 60.4 Å². The van der Waals surface area contributed by atoms with Gasteiger partial charge in [-0.3, -0.25) is 4.79 Å².